The molecule has 3 nitrogen and oxygen atoms in total. The van der Waals surface area contributed by atoms with Gasteiger partial charge in [-0.1, -0.05) is 0 Å². The first-order valence-electron chi connectivity index (χ1n) is 6.15. The summed E-state index contributed by atoms with van der Waals surface area (Å²) in [6, 6.07) is 4.09. The molecule has 1 heterocycles. The van der Waals surface area contributed by atoms with Crippen LogP contribution in [0.1, 0.15) is 30.4 Å². The molecule has 1 atom stereocenters. The highest BCUT2D eigenvalue weighted by atomic mass is 16.1. The molecule has 2 aliphatic rings. The number of anilines is 1. The number of hydrogen-bond donors (Lipinski definition) is 1. The van der Waals surface area contributed by atoms with E-state index in [0.717, 1.165) is 36.3 Å². The zero-order valence-corrected chi connectivity index (χ0v) is 10.2. The van der Waals surface area contributed by atoms with Crippen LogP contribution in [-0.4, -0.2) is 11.6 Å². The zero-order valence-electron chi connectivity index (χ0n) is 10.2. The van der Waals surface area contributed by atoms with Gasteiger partial charge in [0.05, 0.1) is 17.3 Å². The summed E-state index contributed by atoms with van der Waals surface area (Å²) in [6.07, 6.45) is 2.98. The van der Waals surface area contributed by atoms with E-state index in [2.05, 4.69) is 30.2 Å². The molecule has 1 aliphatic carbocycles. The number of nitrogens with one attached hydrogen (secondary N) is 1. The molecular formula is C14H16N2O. The lowest BCUT2D eigenvalue weighted by molar-refractivity contribution is -0.117. The van der Waals surface area contributed by atoms with Crippen molar-refractivity contribution in [2.45, 2.75) is 33.1 Å². The molecule has 1 aliphatic heterocycles. The maximum Gasteiger partial charge on any atom is 0.233 e. The monoisotopic (exact) mass is 228 g/mol. The summed E-state index contributed by atoms with van der Waals surface area (Å²) in [5.41, 5.74) is 5.25. The van der Waals surface area contributed by atoms with E-state index in [0.29, 0.717) is 0 Å². The number of aliphatic imine (C=N–C) groups is 1. The number of benzene rings is 1. The SMILES string of the molecule is Cc1cc2c(cc1C)NC(=O)C1CCCC1=N2. The Hall–Kier alpha value is -1.64. The number of rotatable bonds is 0. The maximum atomic E-state index is 12.1. The Morgan fingerprint density at radius 2 is 2.06 bits per heavy atom. The van der Waals surface area contributed by atoms with Crippen LogP contribution in [0.2, 0.25) is 0 Å². The predicted octanol–water partition coefficient (Wildman–Crippen LogP) is 3.13. The first kappa shape index (κ1) is 10.5. The van der Waals surface area contributed by atoms with Crippen LogP contribution in [0.5, 0.6) is 0 Å². The van der Waals surface area contributed by atoms with E-state index < -0.39 is 0 Å². The molecule has 0 radical (unpaired) electrons. The largest absolute Gasteiger partial charge is 0.324 e. The minimum Gasteiger partial charge on any atom is -0.324 e. The second kappa shape index (κ2) is 3.69. The van der Waals surface area contributed by atoms with Crippen molar-refractivity contribution < 1.29 is 4.79 Å². The van der Waals surface area contributed by atoms with Crippen molar-refractivity contribution >= 4 is 23.0 Å². The van der Waals surface area contributed by atoms with Crippen LogP contribution in [0.15, 0.2) is 17.1 Å². The van der Waals surface area contributed by atoms with Gasteiger partial charge in [-0.15, -0.1) is 0 Å². The Morgan fingerprint density at radius 3 is 2.88 bits per heavy atom. The highest BCUT2D eigenvalue weighted by Crippen LogP contribution is 2.36. The van der Waals surface area contributed by atoms with Crippen LogP contribution >= 0.6 is 0 Å². The fourth-order valence-corrected chi connectivity index (χ4v) is 2.61. The molecule has 17 heavy (non-hydrogen) atoms. The smallest absolute Gasteiger partial charge is 0.233 e. The lowest BCUT2D eigenvalue weighted by atomic mass is 10.1. The Labute approximate surface area is 101 Å². The van der Waals surface area contributed by atoms with Gasteiger partial charge in [0.1, 0.15) is 0 Å². The van der Waals surface area contributed by atoms with Gasteiger partial charge < -0.3 is 5.32 Å². The molecule has 1 aromatic rings. The van der Waals surface area contributed by atoms with Crippen molar-refractivity contribution in [3.63, 3.8) is 0 Å². The fraction of sp³-hybridized carbons (Fsp3) is 0.429. The molecule has 88 valence electrons. The Bertz CT molecular complexity index is 531. The molecule has 1 aromatic carbocycles. The summed E-state index contributed by atoms with van der Waals surface area (Å²) >= 11 is 0. The van der Waals surface area contributed by atoms with Gasteiger partial charge in [-0.2, -0.15) is 0 Å². The van der Waals surface area contributed by atoms with Gasteiger partial charge in [0.25, 0.3) is 0 Å². The maximum absolute atomic E-state index is 12.1. The third-order valence-corrected chi connectivity index (χ3v) is 3.78. The predicted molar refractivity (Wildman–Crippen MR) is 69.0 cm³/mol. The van der Waals surface area contributed by atoms with E-state index in [1.165, 1.54) is 11.1 Å². The van der Waals surface area contributed by atoms with Crippen LogP contribution in [0, 0.1) is 19.8 Å². The Kier molecular flexibility index (Phi) is 2.28. The van der Waals surface area contributed by atoms with E-state index in [1.54, 1.807) is 0 Å². The Morgan fingerprint density at radius 1 is 1.29 bits per heavy atom. The number of carbonyl (C=O) groups is 1. The number of fused-ring (bicyclic) bond motifs is 2. The molecule has 1 saturated carbocycles. The summed E-state index contributed by atoms with van der Waals surface area (Å²) in [5, 5.41) is 3.01. The van der Waals surface area contributed by atoms with Crippen LogP contribution in [0.25, 0.3) is 0 Å². The fourth-order valence-electron chi connectivity index (χ4n) is 2.61. The summed E-state index contributed by atoms with van der Waals surface area (Å²) in [4.78, 5) is 16.7. The van der Waals surface area contributed by atoms with Crippen molar-refractivity contribution in [2.75, 3.05) is 5.32 Å². The summed E-state index contributed by atoms with van der Waals surface area (Å²) in [5.74, 6) is 0.117. The van der Waals surface area contributed by atoms with Gasteiger partial charge in [0.2, 0.25) is 5.91 Å². The van der Waals surface area contributed by atoms with E-state index >= 15 is 0 Å². The minimum atomic E-state index is 0.00279. The van der Waals surface area contributed by atoms with Crippen LogP contribution < -0.4 is 5.32 Å². The number of carbonyl (C=O) groups excluding carboxylic acids is 1. The van der Waals surface area contributed by atoms with Crippen molar-refractivity contribution in [2.24, 2.45) is 10.9 Å². The quantitative estimate of drug-likeness (QED) is 0.728. The molecule has 0 spiro atoms. The molecule has 1 N–H and O–H groups in total. The molecule has 1 fully saturated rings. The number of nitrogens with zero attached hydrogens (tertiary/aromatic N) is 1. The van der Waals surface area contributed by atoms with E-state index in [-0.39, 0.29) is 11.8 Å². The first-order chi connectivity index (χ1) is 8.15. The summed E-state index contributed by atoms with van der Waals surface area (Å²) < 4.78 is 0. The molecule has 1 unspecified atom stereocenters. The van der Waals surface area contributed by atoms with Crippen LogP contribution in [0.3, 0.4) is 0 Å². The zero-order chi connectivity index (χ0) is 12.0. The van der Waals surface area contributed by atoms with Crippen molar-refractivity contribution in [1.82, 2.24) is 0 Å². The average Bonchev–Trinajstić information content (AvgIpc) is 2.69. The number of aryl methyl sites for hydroxylation is 2. The Balaban J connectivity index is 2.15. The van der Waals surface area contributed by atoms with Gasteiger partial charge in [-0.05, 0) is 56.4 Å². The number of hydrogen-bond acceptors (Lipinski definition) is 2. The van der Waals surface area contributed by atoms with Gasteiger partial charge in [0.15, 0.2) is 0 Å². The van der Waals surface area contributed by atoms with Gasteiger partial charge in [-0.3, -0.25) is 9.79 Å². The van der Waals surface area contributed by atoms with Crippen molar-refractivity contribution in [3.05, 3.63) is 23.3 Å². The topological polar surface area (TPSA) is 41.5 Å². The number of amides is 1. The molecule has 1 amide bonds. The minimum absolute atomic E-state index is 0.00279. The van der Waals surface area contributed by atoms with Crippen LogP contribution in [-0.2, 0) is 4.79 Å². The lowest BCUT2D eigenvalue weighted by Crippen LogP contribution is -2.24. The molecular weight excluding hydrogens is 212 g/mol. The lowest BCUT2D eigenvalue weighted by Gasteiger charge is -2.09. The highest BCUT2D eigenvalue weighted by molar-refractivity contribution is 6.14. The molecule has 0 saturated heterocycles. The summed E-state index contributed by atoms with van der Waals surface area (Å²) in [7, 11) is 0. The standard InChI is InChI=1S/C14H16N2O/c1-8-6-12-13(7-9(8)2)16-14(17)10-4-3-5-11(10)15-12/h6-7,10H,3-5H2,1-2H3,(H,16,17). The van der Waals surface area contributed by atoms with Gasteiger partial charge in [0, 0.05) is 5.71 Å². The van der Waals surface area contributed by atoms with Gasteiger partial charge >= 0.3 is 0 Å². The molecule has 3 rings (SSSR count). The second-order valence-corrected chi connectivity index (χ2v) is 4.99. The molecule has 0 aromatic heterocycles. The molecule has 3 heteroatoms. The second-order valence-electron chi connectivity index (χ2n) is 4.99. The summed E-state index contributed by atoms with van der Waals surface area (Å²) in [6.45, 7) is 4.13. The van der Waals surface area contributed by atoms with E-state index in [1.807, 2.05) is 6.07 Å². The third kappa shape index (κ3) is 1.66. The van der Waals surface area contributed by atoms with Crippen molar-refractivity contribution in [1.29, 1.82) is 0 Å². The third-order valence-electron chi connectivity index (χ3n) is 3.78. The van der Waals surface area contributed by atoms with Gasteiger partial charge in [-0.25, -0.2) is 0 Å². The van der Waals surface area contributed by atoms with E-state index in [4.69, 9.17) is 0 Å². The average molecular weight is 228 g/mol. The van der Waals surface area contributed by atoms with Crippen molar-refractivity contribution in [3.8, 4) is 0 Å². The van der Waals surface area contributed by atoms with E-state index in [9.17, 15) is 4.79 Å². The normalized spacial score (nSPS) is 22.4. The highest BCUT2D eigenvalue weighted by Gasteiger charge is 2.31. The molecule has 0 bridgehead atoms. The first-order valence-corrected chi connectivity index (χ1v) is 6.15. The van der Waals surface area contributed by atoms with Crippen LogP contribution in [0.4, 0.5) is 11.4 Å².